The highest BCUT2D eigenvalue weighted by Crippen LogP contribution is 2.25. The molecule has 21 heavy (non-hydrogen) atoms. The first-order valence-electron chi connectivity index (χ1n) is 7.26. The van der Waals surface area contributed by atoms with Crippen LogP contribution in [0, 0.1) is 6.92 Å². The number of ether oxygens (including phenoxy) is 1. The Morgan fingerprint density at radius 3 is 2.76 bits per heavy atom. The fraction of sp³-hybridized carbons (Fsp3) is 0.467. The van der Waals surface area contributed by atoms with Crippen LogP contribution in [0.1, 0.15) is 11.4 Å². The van der Waals surface area contributed by atoms with Crippen molar-refractivity contribution in [2.75, 3.05) is 31.1 Å². The van der Waals surface area contributed by atoms with Gasteiger partial charge in [-0.15, -0.1) is 0 Å². The summed E-state index contributed by atoms with van der Waals surface area (Å²) in [6.07, 6.45) is 1.54. The van der Waals surface area contributed by atoms with Crippen molar-refractivity contribution in [3.63, 3.8) is 0 Å². The van der Waals surface area contributed by atoms with Crippen LogP contribution in [0.2, 0.25) is 0 Å². The SMILES string of the molecule is Cc1cc(N2CCNCC2)ccc1OCc1ncnn1C. The van der Waals surface area contributed by atoms with Gasteiger partial charge in [-0.2, -0.15) is 5.10 Å². The molecule has 0 bridgehead atoms. The summed E-state index contributed by atoms with van der Waals surface area (Å²) in [6.45, 7) is 6.71. The Hall–Kier alpha value is -2.08. The highest BCUT2D eigenvalue weighted by Gasteiger charge is 2.12. The van der Waals surface area contributed by atoms with Crippen LogP contribution in [-0.2, 0) is 13.7 Å². The maximum atomic E-state index is 5.85. The van der Waals surface area contributed by atoms with Gasteiger partial charge in [0.15, 0.2) is 5.82 Å². The Morgan fingerprint density at radius 1 is 1.29 bits per heavy atom. The fourth-order valence-corrected chi connectivity index (χ4v) is 2.51. The smallest absolute Gasteiger partial charge is 0.164 e. The number of nitrogens with one attached hydrogen (secondary N) is 1. The van der Waals surface area contributed by atoms with Crippen molar-refractivity contribution in [1.82, 2.24) is 20.1 Å². The van der Waals surface area contributed by atoms with Gasteiger partial charge < -0.3 is 15.0 Å². The van der Waals surface area contributed by atoms with Crippen molar-refractivity contribution in [3.8, 4) is 5.75 Å². The predicted molar refractivity (Wildman–Crippen MR) is 81.6 cm³/mol. The zero-order valence-corrected chi connectivity index (χ0v) is 12.5. The van der Waals surface area contributed by atoms with Gasteiger partial charge in [-0.1, -0.05) is 0 Å². The summed E-state index contributed by atoms with van der Waals surface area (Å²) in [5, 5.41) is 7.41. The van der Waals surface area contributed by atoms with E-state index >= 15 is 0 Å². The van der Waals surface area contributed by atoms with Gasteiger partial charge in [-0.25, -0.2) is 4.98 Å². The average Bonchev–Trinajstić information content (AvgIpc) is 2.92. The van der Waals surface area contributed by atoms with Crippen molar-refractivity contribution in [1.29, 1.82) is 0 Å². The van der Waals surface area contributed by atoms with Crippen LogP contribution in [-0.4, -0.2) is 40.9 Å². The Morgan fingerprint density at radius 2 is 2.10 bits per heavy atom. The van der Waals surface area contributed by atoms with E-state index in [9.17, 15) is 0 Å². The molecule has 0 unspecified atom stereocenters. The first kappa shape index (κ1) is 13.9. The van der Waals surface area contributed by atoms with E-state index in [4.69, 9.17) is 4.74 Å². The van der Waals surface area contributed by atoms with Gasteiger partial charge in [-0.3, -0.25) is 4.68 Å². The van der Waals surface area contributed by atoms with E-state index in [1.165, 1.54) is 5.69 Å². The van der Waals surface area contributed by atoms with Crippen molar-refractivity contribution in [3.05, 3.63) is 35.9 Å². The number of anilines is 1. The van der Waals surface area contributed by atoms with Crippen molar-refractivity contribution < 1.29 is 4.74 Å². The molecule has 1 aliphatic rings. The van der Waals surface area contributed by atoms with E-state index in [0.717, 1.165) is 43.3 Å². The first-order chi connectivity index (χ1) is 10.2. The molecule has 1 aromatic heterocycles. The molecule has 3 rings (SSSR count). The standard InChI is InChI=1S/C15H21N5O/c1-12-9-13(20-7-5-16-6-8-20)3-4-14(12)21-10-15-17-11-18-19(15)2/h3-4,9,11,16H,5-8,10H2,1-2H3. The van der Waals surface area contributed by atoms with Gasteiger partial charge >= 0.3 is 0 Å². The Kier molecular flexibility index (Phi) is 4.06. The molecule has 6 heteroatoms. The number of hydrogen-bond donors (Lipinski definition) is 1. The third-order valence-electron chi connectivity index (χ3n) is 3.80. The number of aromatic nitrogens is 3. The molecule has 0 amide bonds. The summed E-state index contributed by atoms with van der Waals surface area (Å²) in [6, 6.07) is 6.37. The van der Waals surface area contributed by atoms with E-state index in [2.05, 4.69) is 39.4 Å². The second-order valence-corrected chi connectivity index (χ2v) is 5.28. The van der Waals surface area contributed by atoms with Gasteiger partial charge in [0, 0.05) is 38.9 Å². The lowest BCUT2D eigenvalue weighted by Crippen LogP contribution is -2.43. The van der Waals surface area contributed by atoms with Crippen LogP contribution < -0.4 is 15.0 Å². The molecule has 1 aliphatic heterocycles. The van der Waals surface area contributed by atoms with Gasteiger partial charge in [0.1, 0.15) is 18.7 Å². The Balaban J connectivity index is 1.68. The Labute approximate surface area is 124 Å². The lowest BCUT2D eigenvalue weighted by molar-refractivity contribution is 0.288. The van der Waals surface area contributed by atoms with Gasteiger partial charge in [0.05, 0.1) is 0 Å². The summed E-state index contributed by atoms with van der Waals surface area (Å²) >= 11 is 0. The minimum Gasteiger partial charge on any atom is -0.485 e. The zero-order valence-electron chi connectivity index (χ0n) is 12.5. The minimum atomic E-state index is 0.435. The van der Waals surface area contributed by atoms with Gasteiger partial charge in [0.2, 0.25) is 0 Å². The van der Waals surface area contributed by atoms with E-state index in [1.807, 2.05) is 13.1 Å². The first-order valence-corrected chi connectivity index (χ1v) is 7.26. The molecule has 0 aliphatic carbocycles. The molecule has 1 aromatic carbocycles. The summed E-state index contributed by atoms with van der Waals surface area (Å²) in [7, 11) is 1.87. The lowest BCUT2D eigenvalue weighted by Gasteiger charge is -2.29. The van der Waals surface area contributed by atoms with E-state index in [-0.39, 0.29) is 0 Å². The summed E-state index contributed by atoms with van der Waals surface area (Å²) in [5.41, 5.74) is 2.41. The molecule has 112 valence electrons. The number of nitrogens with zero attached hydrogens (tertiary/aromatic N) is 4. The molecular formula is C15H21N5O. The van der Waals surface area contributed by atoms with Gasteiger partial charge in [0.25, 0.3) is 0 Å². The average molecular weight is 287 g/mol. The van der Waals surface area contributed by atoms with Crippen LogP contribution in [0.15, 0.2) is 24.5 Å². The van der Waals surface area contributed by atoms with Crippen molar-refractivity contribution >= 4 is 5.69 Å². The monoisotopic (exact) mass is 287 g/mol. The minimum absolute atomic E-state index is 0.435. The zero-order chi connectivity index (χ0) is 14.7. The summed E-state index contributed by atoms with van der Waals surface area (Å²) in [5.74, 6) is 1.72. The molecule has 2 heterocycles. The molecule has 0 spiro atoms. The third-order valence-corrected chi connectivity index (χ3v) is 3.80. The molecule has 6 nitrogen and oxygen atoms in total. The molecule has 1 N–H and O–H groups in total. The third kappa shape index (κ3) is 3.16. The fourth-order valence-electron chi connectivity index (χ4n) is 2.51. The van der Waals surface area contributed by atoms with Crippen LogP contribution in [0.5, 0.6) is 5.75 Å². The second kappa shape index (κ2) is 6.13. The van der Waals surface area contributed by atoms with Crippen LogP contribution >= 0.6 is 0 Å². The van der Waals surface area contributed by atoms with Crippen LogP contribution in [0.4, 0.5) is 5.69 Å². The lowest BCUT2D eigenvalue weighted by atomic mass is 10.1. The maximum Gasteiger partial charge on any atom is 0.164 e. The largest absolute Gasteiger partial charge is 0.485 e. The Bertz CT molecular complexity index is 604. The predicted octanol–water partition coefficient (Wildman–Crippen LogP) is 1.11. The highest BCUT2D eigenvalue weighted by atomic mass is 16.5. The quantitative estimate of drug-likeness (QED) is 0.913. The summed E-state index contributed by atoms with van der Waals surface area (Å²) < 4.78 is 7.58. The van der Waals surface area contributed by atoms with Crippen LogP contribution in [0.25, 0.3) is 0 Å². The van der Waals surface area contributed by atoms with Crippen molar-refractivity contribution in [2.45, 2.75) is 13.5 Å². The van der Waals surface area contributed by atoms with Crippen LogP contribution in [0.3, 0.4) is 0 Å². The van der Waals surface area contributed by atoms with E-state index < -0.39 is 0 Å². The highest BCUT2D eigenvalue weighted by molar-refractivity contribution is 5.53. The topological polar surface area (TPSA) is 55.2 Å². The molecule has 2 aromatic rings. The normalized spacial score (nSPS) is 15.2. The van der Waals surface area contributed by atoms with Gasteiger partial charge in [-0.05, 0) is 30.7 Å². The molecule has 1 fully saturated rings. The van der Waals surface area contributed by atoms with Crippen molar-refractivity contribution in [2.24, 2.45) is 7.05 Å². The molecule has 0 saturated carbocycles. The second-order valence-electron chi connectivity index (χ2n) is 5.28. The number of aryl methyl sites for hydroxylation is 2. The van der Waals surface area contributed by atoms with E-state index in [0.29, 0.717) is 6.61 Å². The molecule has 0 radical (unpaired) electrons. The van der Waals surface area contributed by atoms with E-state index in [1.54, 1.807) is 11.0 Å². The molecular weight excluding hydrogens is 266 g/mol. The molecule has 0 atom stereocenters. The number of rotatable bonds is 4. The number of piperazine rings is 1. The summed E-state index contributed by atoms with van der Waals surface area (Å²) in [4.78, 5) is 6.56. The molecule has 1 saturated heterocycles. The number of benzene rings is 1. The maximum absolute atomic E-state index is 5.85. The number of hydrogen-bond acceptors (Lipinski definition) is 5.